The molecule has 0 bridgehead atoms. The second-order valence-corrected chi connectivity index (χ2v) is 7.14. The van der Waals surface area contributed by atoms with Gasteiger partial charge in [0.25, 0.3) is 0 Å². The van der Waals surface area contributed by atoms with Gasteiger partial charge in [0.2, 0.25) is 11.8 Å². The van der Waals surface area contributed by atoms with Crippen molar-refractivity contribution in [1.29, 1.82) is 0 Å². The summed E-state index contributed by atoms with van der Waals surface area (Å²) in [6, 6.07) is 6.39. The minimum atomic E-state index is -0.543. The first kappa shape index (κ1) is 20.0. The third-order valence-corrected chi connectivity index (χ3v) is 4.47. The van der Waals surface area contributed by atoms with Crippen molar-refractivity contribution < 1.29 is 14.3 Å². The van der Waals surface area contributed by atoms with E-state index in [1.165, 1.54) is 18.9 Å². The Balaban J connectivity index is 1.92. The van der Waals surface area contributed by atoms with Gasteiger partial charge >= 0.3 is 0 Å². The number of nitrogens with two attached hydrogens (primary N) is 1. The number of amides is 2. The maximum Gasteiger partial charge on any atom is 0.248 e. The third kappa shape index (κ3) is 6.52. The highest BCUT2D eigenvalue weighted by Crippen LogP contribution is 2.33. The maximum atomic E-state index is 12.2. The van der Waals surface area contributed by atoms with Crippen molar-refractivity contribution in [3.63, 3.8) is 0 Å². The van der Waals surface area contributed by atoms with E-state index in [1.807, 2.05) is 13.8 Å². The first-order chi connectivity index (χ1) is 12.4. The van der Waals surface area contributed by atoms with E-state index in [0.717, 1.165) is 12.2 Å². The largest absolute Gasteiger partial charge is 0.497 e. The number of carbonyl (C=O) groups excluding carboxylic acids is 2. The molecule has 1 saturated carbocycles. The fourth-order valence-electron chi connectivity index (χ4n) is 2.54. The van der Waals surface area contributed by atoms with E-state index in [9.17, 15) is 9.59 Å². The molecule has 0 saturated heterocycles. The number of benzene rings is 1. The molecule has 26 heavy (non-hydrogen) atoms. The molecule has 0 radical (unpaired) electrons. The molecule has 0 aromatic heterocycles. The molecule has 0 aliphatic heterocycles. The predicted molar refractivity (Wildman–Crippen MR) is 103 cm³/mol. The highest BCUT2D eigenvalue weighted by atomic mass is 16.5. The van der Waals surface area contributed by atoms with E-state index >= 15 is 0 Å². The number of carbonyl (C=O) groups is 2. The van der Waals surface area contributed by atoms with Crippen molar-refractivity contribution in [2.45, 2.75) is 45.2 Å². The molecule has 0 spiro atoms. The number of ether oxygens (including phenoxy) is 1. The summed E-state index contributed by atoms with van der Waals surface area (Å²) >= 11 is 0. The van der Waals surface area contributed by atoms with E-state index in [4.69, 9.17) is 10.5 Å². The van der Waals surface area contributed by atoms with Crippen LogP contribution >= 0.6 is 0 Å². The van der Waals surface area contributed by atoms with Crippen LogP contribution in [0.4, 0.5) is 5.69 Å². The SMILES string of the molecule is COc1ccc(NC(=O)C=CC(CC2CC2)NC(=O)C(N)C(C)C)cc1. The molecule has 1 aromatic carbocycles. The molecule has 1 fully saturated rings. The van der Waals surface area contributed by atoms with E-state index in [2.05, 4.69) is 10.6 Å². The summed E-state index contributed by atoms with van der Waals surface area (Å²) in [5, 5.41) is 5.75. The maximum absolute atomic E-state index is 12.2. The van der Waals surface area contributed by atoms with Crippen LogP contribution in [0.15, 0.2) is 36.4 Å². The first-order valence-electron chi connectivity index (χ1n) is 9.08. The van der Waals surface area contributed by atoms with Crippen LogP contribution in [0.25, 0.3) is 0 Å². The molecular formula is C20H29N3O3. The Morgan fingerprint density at radius 2 is 1.92 bits per heavy atom. The van der Waals surface area contributed by atoms with Gasteiger partial charge in [0.15, 0.2) is 0 Å². The lowest BCUT2D eigenvalue weighted by Gasteiger charge is -2.20. The van der Waals surface area contributed by atoms with Crippen molar-refractivity contribution in [2.75, 3.05) is 12.4 Å². The Hall–Kier alpha value is -2.34. The van der Waals surface area contributed by atoms with Crippen LogP contribution in [-0.2, 0) is 9.59 Å². The van der Waals surface area contributed by atoms with Gasteiger partial charge in [-0.05, 0) is 42.5 Å². The normalized spacial score (nSPS) is 16.3. The quantitative estimate of drug-likeness (QED) is 0.591. The summed E-state index contributed by atoms with van der Waals surface area (Å²) in [4.78, 5) is 24.3. The summed E-state index contributed by atoms with van der Waals surface area (Å²) < 4.78 is 5.09. The zero-order valence-electron chi connectivity index (χ0n) is 15.7. The fourth-order valence-corrected chi connectivity index (χ4v) is 2.54. The molecule has 1 aliphatic rings. The van der Waals surface area contributed by atoms with E-state index < -0.39 is 6.04 Å². The van der Waals surface area contributed by atoms with Gasteiger partial charge in [0, 0.05) is 17.8 Å². The topological polar surface area (TPSA) is 93.5 Å². The molecule has 4 N–H and O–H groups in total. The number of hydrogen-bond donors (Lipinski definition) is 3. The van der Waals surface area contributed by atoms with Gasteiger partial charge in [0.05, 0.1) is 13.2 Å². The lowest BCUT2D eigenvalue weighted by atomic mass is 10.0. The highest BCUT2D eigenvalue weighted by molar-refractivity contribution is 5.99. The van der Waals surface area contributed by atoms with Crippen molar-refractivity contribution in [3.8, 4) is 5.75 Å². The Bertz CT molecular complexity index is 636. The van der Waals surface area contributed by atoms with Crippen molar-refractivity contribution in [3.05, 3.63) is 36.4 Å². The van der Waals surface area contributed by atoms with Crippen LogP contribution in [0.2, 0.25) is 0 Å². The van der Waals surface area contributed by atoms with E-state index in [-0.39, 0.29) is 23.8 Å². The zero-order valence-corrected chi connectivity index (χ0v) is 15.7. The van der Waals surface area contributed by atoms with Gasteiger partial charge < -0.3 is 21.1 Å². The van der Waals surface area contributed by atoms with Crippen LogP contribution < -0.4 is 21.1 Å². The van der Waals surface area contributed by atoms with Crippen LogP contribution in [-0.4, -0.2) is 31.0 Å². The summed E-state index contributed by atoms with van der Waals surface area (Å²) in [6.45, 7) is 3.83. The highest BCUT2D eigenvalue weighted by Gasteiger charge is 2.27. The molecule has 6 heteroatoms. The van der Waals surface area contributed by atoms with Gasteiger partial charge in [-0.2, -0.15) is 0 Å². The summed E-state index contributed by atoms with van der Waals surface area (Å²) in [5.74, 6) is 1.00. The Morgan fingerprint density at radius 1 is 1.27 bits per heavy atom. The van der Waals surface area contributed by atoms with Crippen molar-refractivity contribution in [1.82, 2.24) is 5.32 Å². The third-order valence-electron chi connectivity index (χ3n) is 4.47. The van der Waals surface area contributed by atoms with Gasteiger partial charge in [-0.1, -0.05) is 32.8 Å². The zero-order chi connectivity index (χ0) is 19.1. The molecule has 142 valence electrons. The van der Waals surface area contributed by atoms with E-state index in [0.29, 0.717) is 11.6 Å². The van der Waals surface area contributed by atoms with Crippen LogP contribution in [0.3, 0.4) is 0 Å². The molecule has 2 amide bonds. The number of hydrogen-bond acceptors (Lipinski definition) is 4. The molecule has 2 unspecified atom stereocenters. The molecular weight excluding hydrogens is 330 g/mol. The molecule has 1 aromatic rings. The smallest absolute Gasteiger partial charge is 0.248 e. The van der Waals surface area contributed by atoms with Gasteiger partial charge in [-0.25, -0.2) is 0 Å². The fraction of sp³-hybridized carbons (Fsp3) is 0.500. The molecule has 2 rings (SSSR count). The van der Waals surface area contributed by atoms with E-state index in [1.54, 1.807) is 37.5 Å². The van der Waals surface area contributed by atoms with Crippen molar-refractivity contribution >= 4 is 17.5 Å². The van der Waals surface area contributed by atoms with Gasteiger partial charge in [-0.15, -0.1) is 0 Å². The predicted octanol–water partition coefficient (Wildman–Crippen LogP) is 2.46. The summed E-state index contributed by atoms with van der Waals surface area (Å²) in [5.41, 5.74) is 6.60. The van der Waals surface area contributed by atoms with Crippen LogP contribution in [0.1, 0.15) is 33.1 Å². The number of methoxy groups -OCH3 is 1. The second-order valence-electron chi connectivity index (χ2n) is 7.14. The number of anilines is 1. The number of rotatable bonds is 9. The molecule has 6 nitrogen and oxygen atoms in total. The van der Waals surface area contributed by atoms with Gasteiger partial charge in [0.1, 0.15) is 5.75 Å². The van der Waals surface area contributed by atoms with Gasteiger partial charge in [-0.3, -0.25) is 9.59 Å². The Morgan fingerprint density at radius 3 is 2.46 bits per heavy atom. The standard InChI is InChI=1S/C20H29N3O3/c1-13(2)19(21)20(25)23-16(12-14-4-5-14)8-11-18(24)22-15-6-9-17(26-3)10-7-15/h6-11,13-14,16,19H,4-5,12,21H2,1-3H3,(H,22,24)(H,23,25). The lowest BCUT2D eigenvalue weighted by Crippen LogP contribution is -2.47. The van der Waals surface area contributed by atoms with Crippen LogP contribution in [0, 0.1) is 11.8 Å². The molecule has 1 aliphatic carbocycles. The Kier molecular flexibility index (Phi) is 7.21. The molecule has 2 atom stereocenters. The average molecular weight is 359 g/mol. The second kappa shape index (κ2) is 9.38. The van der Waals surface area contributed by atoms with Crippen LogP contribution in [0.5, 0.6) is 5.75 Å². The monoisotopic (exact) mass is 359 g/mol. The van der Waals surface area contributed by atoms with Crippen molar-refractivity contribution in [2.24, 2.45) is 17.6 Å². The minimum absolute atomic E-state index is 0.0684. The lowest BCUT2D eigenvalue weighted by molar-refractivity contribution is -0.123. The molecule has 0 heterocycles. The Labute approximate surface area is 155 Å². The summed E-state index contributed by atoms with van der Waals surface area (Å²) in [7, 11) is 1.59. The summed E-state index contributed by atoms with van der Waals surface area (Å²) in [6.07, 6.45) is 6.41. The minimum Gasteiger partial charge on any atom is -0.497 e. The first-order valence-corrected chi connectivity index (χ1v) is 9.08. The average Bonchev–Trinajstić information content (AvgIpc) is 3.43. The number of nitrogens with one attached hydrogen (secondary N) is 2.